The van der Waals surface area contributed by atoms with Gasteiger partial charge in [0.1, 0.15) is 5.82 Å². The fraction of sp³-hybridized carbons (Fsp3) is 0.500. The number of aromatic nitrogens is 1. The van der Waals surface area contributed by atoms with E-state index in [9.17, 15) is 4.79 Å². The van der Waals surface area contributed by atoms with Gasteiger partial charge in [-0.1, -0.05) is 0 Å². The van der Waals surface area contributed by atoms with Gasteiger partial charge >= 0.3 is 0 Å². The molecule has 1 aliphatic carbocycles. The molecule has 1 aromatic rings. The van der Waals surface area contributed by atoms with Gasteiger partial charge in [-0.2, -0.15) is 0 Å². The Bertz CT molecular complexity index is 436. The molecule has 0 saturated heterocycles. The van der Waals surface area contributed by atoms with Crippen molar-refractivity contribution in [3.63, 3.8) is 0 Å². The highest BCUT2D eigenvalue weighted by atomic mass is 16.5. The zero-order valence-corrected chi connectivity index (χ0v) is 10.3. The number of amides is 1. The zero-order valence-electron chi connectivity index (χ0n) is 10.3. The Kier molecular flexibility index (Phi) is 3.78. The fourth-order valence-corrected chi connectivity index (χ4v) is 2.06. The quantitative estimate of drug-likeness (QED) is 0.687. The Hall–Kier alpha value is -1.66. The smallest absolute Gasteiger partial charge is 0.248 e. The predicted molar refractivity (Wildman–Crippen MR) is 68.2 cm³/mol. The number of pyridine rings is 1. The van der Waals surface area contributed by atoms with E-state index in [1.807, 2.05) is 6.92 Å². The topological polar surface area (TPSA) is 103 Å². The van der Waals surface area contributed by atoms with Crippen molar-refractivity contribution in [1.82, 2.24) is 4.98 Å². The van der Waals surface area contributed by atoms with Crippen molar-refractivity contribution in [3.8, 4) is 0 Å². The van der Waals surface area contributed by atoms with Gasteiger partial charge in [0.25, 0.3) is 0 Å². The van der Waals surface area contributed by atoms with Crippen molar-refractivity contribution in [1.29, 1.82) is 0 Å². The molecule has 18 heavy (non-hydrogen) atoms. The second-order valence-corrected chi connectivity index (χ2v) is 4.36. The van der Waals surface area contributed by atoms with Crippen LogP contribution in [0.4, 0.5) is 5.82 Å². The molecular formula is C12H18N4O2. The normalized spacial score (nSPS) is 26.4. The number of carbonyl (C=O) groups excluding carboxylic acids is 1. The summed E-state index contributed by atoms with van der Waals surface area (Å²) in [4.78, 5) is 15.2. The molecule has 3 atom stereocenters. The van der Waals surface area contributed by atoms with Crippen molar-refractivity contribution in [2.45, 2.75) is 31.5 Å². The van der Waals surface area contributed by atoms with E-state index in [-0.39, 0.29) is 18.2 Å². The Morgan fingerprint density at radius 2 is 2.44 bits per heavy atom. The third-order valence-electron chi connectivity index (χ3n) is 3.11. The van der Waals surface area contributed by atoms with Crippen molar-refractivity contribution < 1.29 is 9.53 Å². The summed E-state index contributed by atoms with van der Waals surface area (Å²) in [7, 11) is 0. The fourth-order valence-electron chi connectivity index (χ4n) is 2.06. The summed E-state index contributed by atoms with van der Waals surface area (Å²) < 4.78 is 5.55. The maximum absolute atomic E-state index is 11.1. The minimum Gasteiger partial charge on any atom is -0.376 e. The van der Waals surface area contributed by atoms with Gasteiger partial charge in [0.05, 0.1) is 12.1 Å². The van der Waals surface area contributed by atoms with Gasteiger partial charge in [-0.25, -0.2) is 4.98 Å². The molecule has 5 N–H and O–H groups in total. The van der Waals surface area contributed by atoms with Gasteiger partial charge < -0.3 is 21.5 Å². The van der Waals surface area contributed by atoms with Crippen LogP contribution in [-0.4, -0.2) is 35.7 Å². The first kappa shape index (κ1) is 12.8. The minimum atomic E-state index is -0.472. The molecule has 1 aliphatic rings. The summed E-state index contributed by atoms with van der Waals surface area (Å²) in [5, 5.41) is 3.19. The highest BCUT2D eigenvalue weighted by molar-refractivity contribution is 5.93. The second kappa shape index (κ2) is 5.32. The number of nitrogens with zero attached hydrogens (tertiary/aromatic N) is 1. The van der Waals surface area contributed by atoms with Gasteiger partial charge in [0.2, 0.25) is 5.91 Å². The van der Waals surface area contributed by atoms with E-state index in [0.717, 1.165) is 6.42 Å². The van der Waals surface area contributed by atoms with Crippen LogP contribution in [0.2, 0.25) is 0 Å². The van der Waals surface area contributed by atoms with E-state index in [0.29, 0.717) is 18.0 Å². The van der Waals surface area contributed by atoms with Gasteiger partial charge in [0.15, 0.2) is 0 Å². The molecule has 0 spiro atoms. The average molecular weight is 250 g/mol. The molecule has 2 rings (SSSR count). The summed E-state index contributed by atoms with van der Waals surface area (Å²) in [5.41, 5.74) is 11.6. The first-order chi connectivity index (χ1) is 8.61. The molecule has 0 radical (unpaired) electrons. The number of ether oxygens (including phenoxy) is 1. The maximum Gasteiger partial charge on any atom is 0.248 e. The Morgan fingerprint density at radius 1 is 1.67 bits per heavy atom. The van der Waals surface area contributed by atoms with Crippen molar-refractivity contribution >= 4 is 11.7 Å². The zero-order chi connectivity index (χ0) is 13.1. The third-order valence-corrected chi connectivity index (χ3v) is 3.11. The number of anilines is 1. The standard InChI is InChI=1S/C12H18N4O2/c1-2-18-9-6-8(13)11(9)16-10-5-7(12(14)17)3-4-15-10/h3-5,8-9,11H,2,6,13H2,1H3,(H2,14,17)(H,15,16). The highest BCUT2D eigenvalue weighted by Gasteiger charge is 2.39. The molecule has 0 aromatic carbocycles. The summed E-state index contributed by atoms with van der Waals surface area (Å²) in [5.74, 6) is 0.121. The number of nitrogens with two attached hydrogens (primary N) is 2. The largest absolute Gasteiger partial charge is 0.376 e. The molecular weight excluding hydrogens is 232 g/mol. The summed E-state index contributed by atoms with van der Waals surface area (Å²) in [6.45, 7) is 2.61. The van der Waals surface area contributed by atoms with Crippen LogP contribution in [0.3, 0.4) is 0 Å². The number of hydrogen-bond donors (Lipinski definition) is 3. The van der Waals surface area contributed by atoms with Crippen LogP contribution >= 0.6 is 0 Å². The summed E-state index contributed by atoms with van der Waals surface area (Å²) >= 11 is 0. The molecule has 0 bridgehead atoms. The van der Waals surface area contributed by atoms with Crippen LogP contribution < -0.4 is 16.8 Å². The number of carbonyl (C=O) groups is 1. The minimum absolute atomic E-state index is 0.0283. The van der Waals surface area contributed by atoms with E-state index < -0.39 is 5.91 Å². The van der Waals surface area contributed by atoms with Crippen LogP contribution in [-0.2, 0) is 4.74 Å². The molecule has 1 saturated carbocycles. The van der Waals surface area contributed by atoms with Gasteiger partial charge in [-0.3, -0.25) is 4.79 Å². The Labute approximate surface area is 106 Å². The lowest BCUT2D eigenvalue weighted by molar-refractivity contribution is -0.0127. The Morgan fingerprint density at radius 3 is 3.06 bits per heavy atom. The molecule has 1 aromatic heterocycles. The van der Waals surface area contributed by atoms with E-state index in [1.165, 1.54) is 0 Å². The lowest BCUT2D eigenvalue weighted by Crippen LogP contribution is -2.60. The molecule has 6 nitrogen and oxygen atoms in total. The molecule has 1 heterocycles. The number of rotatable bonds is 5. The third kappa shape index (κ3) is 2.60. The number of primary amides is 1. The molecule has 0 aliphatic heterocycles. The van der Waals surface area contributed by atoms with E-state index >= 15 is 0 Å². The highest BCUT2D eigenvalue weighted by Crippen LogP contribution is 2.25. The summed E-state index contributed by atoms with van der Waals surface area (Å²) in [6.07, 6.45) is 2.48. The number of nitrogens with one attached hydrogen (secondary N) is 1. The molecule has 1 amide bonds. The van der Waals surface area contributed by atoms with Gasteiger partial charge in [-0.15, -0.1) is 0 Å². The average Bonchev–Trinajstić information content (AvgIpc) is 2.36. The Balaban J connectivity index is 2.04. The van der Waals surface area contributed by atoms with E-state index in [4.69, 9.17) is 16.2 Å². The first-order valence-electron chi connectivity index (χ1n) is 6.01. The van der Waals surface area contributed by atoms with Crippen LogP contribution in [0.15, 0.2) is 18.3 Å². The lowest BCUT2D eigenvalue weighted by Gasteiger charge is -2.42. The van der Waals surface area contributed by atoms with Gasteiger partial charge in [-0.05, 0) is 25.5 Å². The number of hydrogen-bond acceptors (Lipinski definition) is 5. The van der Waals surface area contributed by atoms with Gasteiger partial charge in [0, 0.05) is 24.4 Å². The second-order valence-electron chi connectivity index (χ2n) is 4.36. The summed E-state index contributed by atoms with van der Waals surface area (Å²) in [6, 6.07) is 3.27. The molecule has 98 valence electrons. The van der Waals surface area contributed by atoms with Crippen LogP contribution in [0, 0.1) is 0 Å². The monoisotopic (exact) mass is 250 g/mol. The van der Waals surface area contributed by atoms with Crippen molar-refractivity contribution in [2.24, 2.45) is 11.5 Å². The molecule has 6 heteroatoms. The van der Waals surface area contributed by atoms with Crippen LogP contribution in [0.1, 0.15) is 23.7 Å². The van der Waals surface area contributed by atoms with E-state index in [2.05, 4.69) is 10.3 Å². The SMILES string of the molecule is CCOC1CC(N)C1Nc1cc(C(N)=O)ccn1. The van der Waals surface area contributed by atoms with E-state index in [1.54, 1.807) is 18.3 Å². The maximum atomic E-state index is 11.1. The van der Waals surface area contributed by atoms with Crippen LogP contribution in [0.5, 0.6) is 0 Å². The first-order valence-corrected chi connectivity index (χ1v) is 6.01. The van der Waals surface area contributed by atoms with Crippen molar-refractivity contribution in [2.75, 3.05) is 11.9 Å². The molecule has 1 fully saturated rings. The molecule has 3 unspecified atom stereocenters. The lowest BCUT2D eigenvalue weighted by atomic mass is 9.83. The van der Waals surface area contributed by atoms with Crippen LogP contribution in [0.25, 0.3) is 0 Å². The van der Waals surface area contributed by atoms with Crippen molar-refractivity contribution in [3.05, 3.63) is 23.9 Å². The predicted octanol–water partition coefficient (Wildman–Crippen LogP) is 0.0971.